The fourth-order valence-corrected chi connectivity index (χ4v) is 5.01. The molecule has 136 valence electrons. The van der Waals surface area contributed by atoms with Crippen LogP contribution >= 0.6 is 0 Å². The Hall–Kier alpha value is -2.36. The second-order valence-corrected chi connectivity index (χ2v) is 8.02. The van der Waals surface area contributed by atoms with Crippen LogP contribution in [0.1, 0.15) is 54.5 Å². The van der Waals surface area contributed by atoms with Gasteiger partial charge in [0.25, 0.3) is 0 Å². The molecule has 1 aromatic heterocycles. The maximum Gasteiger partial charge on any atom is 0.231 e. The number of benzene rings is 1. The lowest BCUT2D eigenvalue weighted by atomic mass is 9.84. The maximum atomic E-state index is 13.3. The molecule has 1 heterocycles. The third-order valence-corrected chi connectivity index (χ3v) is 6.64. The molecule has 2 saturated carbocycles. The molecule has 4 nitrogen and oxygen atoms in total. The van der Waals surface area contributed by atoms with E-state index in [2.05, 4.69) is 22.4 Å². The van der Waals surface area contributed by atoms with E-state index in [1.165, 1.54) is 12.8 Å². The van der Waals surface area contributed by atoms with E-state index in [1.807, 2.05) is 25.1 Å². The van der Waals surface area contributed by atoms with Crippen LogP contribution in [0, 0.1) is 19.3 Å². The molecular formula is C22H26N2O2. The van der Waals surface area contributed by atoms with E-state index in [9.17, 15) is 9.59 Å². The first-order valence-corrected chi connectivity index (χ1v) is 9.52. The molecule has 4 rings (SSSR count). The van der Waals surface area contributed by atoms with Crippen LogP contribution in [0.4, 0.5) is 0 Å². The number of rotatable bonds is 4. The number of hydrogen-bond acceptors (Lipinski definition) is 2. The van der Waals surface area contributed by atoms with Gasteiger partial charge in [0.2, 0.25) is 5.91 Å². The molecule has 2 N–H and O–H groups in total. The van der Waals surface area contributed by atoms with Gasteiger partial charge < -0.3 is 10.3 Å². The second kappa shape index (κ2) is 6.11. The van der Waals surface area contributed by atoms with Crippen LogP contribution in [-0.4, -0.2) is 10.9 Å². The highest BCUT2D eigenvalue weighted by atomic mass is 16.2. The number of aryl methyl sites for hydroxylation is 1. The van der Waals surface area contributed by atoms with Gasteiger partial charge in [-0.15, -0.1) is 0 Å². The van der Waals surface area contributed by atoms with Crippen LogP contribution in [0.5, 0.6) is 0 Å². The Bertz CT molecular complexity index is 894. The Morgan fingerprint density at radius 1 is 1.15 bits per heavy atom. The van der Waals surface area contributed by atoms with Crippen molar-refractivity contribution in [2.75, 3.05) is 0 Å². The van der Waals surface area contributed by atoms with Crippen LogP contribution in [0.2, 0.25) is 0 Å². The zero-order valence-electron chi connectivity index (χ0n) is 15.5. The average Bonchev–Trinajstić information content (AvgIpc) is 3.07. The highest BCUT2D eigenvalue weighted by molar-refractivity contribution is 5.93. The first-order valence-electron chi connectivity index (χ1n) is 9.52. The van der Waals surface area contributed by atoms with Gasteiger partial charge in [-0.05, 0) is 44.1 Å². The third-order valence-electron chi connectivity index (χ3n) is 6.64. The van der Waals surface area contributed by atoms with E-state index in [-0.39, 0.29) is 16.8 Å². The molecule has 0 unspecified atom stereocenters. The molecule has 1 amide bonds. The lowest BCUT2D eigenvalue weighted by Gasteiger charge is -2.23. The van der Waals surface area contributed by atoms with Crippen molar-refractivity contribution in [2.45, 2.75) is 57.9 Å². The molecule has 1 aromatic carbocycles. The van der Waals surface area contributed by atoms with E-state index in [0.29, 0.717) is 17.7 Å². The number of hydrogen-bond donors (Lipinski definition) is 2. The quantitative estimate of drug-likeness (QED) is 0.886. The van der Waals surface area contributed by atoms with Crippen LogP contribution in [0.3, 0.4) is 0 Å². The van der Waals surface area contributed by atoms with E-state index in [4.69, 9.17) is 0 Å². The molecule has 1 spiro atoms. The molecule has 2 aliphatic rings. The Kier molecular flexibility index (Phi) is 4.02. The fraction of sp³-hybridized carbons (Fsp3) is 0.455. The largest absolute Gasteiger partial charge is 0.363 e. The van der Waals surface area contributed by atoms with Crippen molar-refractivity contribution in [3.8, 4) is 0 Å². The van der Waals surface area contributed by atoms with Crippen LogP contribution < -0.4 is 10.7 Å². The summed E-state index contributed by atoms with van der Waals surface area (Å²) in [6, 6.07) is 10.2. The number of aromatic amines is 1. The number of aromatic nitrogens is 1. The van der Waals surface area contributed by atoms with Gasteiger partial charge in [0.15, 0.2) is 5.43 Å². The first kappa shape index (κ1) is 17.1. The molecule has 2 fully saturated rings. The zero-order valence-corrected chi connectivity index (χ0v) is 15.5. The molecule has 0 aliphatic heterocycles. The minimum Gasteiger partial charge on any atom is -0.363 e. The summed E-state index contributed by atoms with van der Waals surface area (Å²) in [5.41, 5.74) is 3.09. The lowest BCUT2D eigenvalue weighted by Crippen LogP contribution is -2.38. The number of amides is 1. The van der Waals surface area contributed by atoms with Gasteiger partial charge in [0.1, 0.15) is 0 Å². The molecule has 1 atom stereocenters. The molecule has 4 heteroatoms. The topological polar surface area (TPSA) is 62.0 Å². The van der Waals surface area contributed by atoms with Crippen molar-refractivity contribution in [2.24, 2.45) is 5.41 Å². The summed E-state index contributed by atoms with van der Waals surface area (Å²) in [5, 5.41) is 3.13. The van der Waals surface area contributed by atoms with Crippen molar-refractivity contribution in [3.63, 3.8) is 0 Å². The van der Waals surface area contributed by atoms with E-state index >= 15 is 0 Å². The molecule has 0 saturated heterocycles. The second-order valence-electron chi connectivity index (χ2n) is 8.02. The van der Waals surface area contributed by atoms with Crippen molar-refractivity contribution < 1.29 is 4.79 Å². The summed E-state index contributed by atoms with van der Waals surface area (Å²) in [7, 11) is 0. The Labute approximate surface area is 154 Å². The van der Waals surface area contributed by atoms with Crippen molar-refractivity contribution >= 4 is 5.91 Å². The minimum atomic E-state index is -0.399. The summed E-state index contributed by atoms with van der Waals surface area (Å²) in [6.45, 7) is 3.98. The maximum absolute atomic E-state index is 13.3. The summed E-state index contributed by atoms with van der Waals surface area (Å²) >= 11 is 0. The fourth-order valence-electron chi connectivity index (χ4n) is 5.01. The van der Waals surface area contributed by atoms with Gasteiger partial charge in [0.05, 0.1) is 12.0 Å². The average molecular weight is 350 g/mol. The number of nitrogens with one attached hydrogen (secondary N) is 2. The molecule has 0 bridgehead atoms. The Balaban J connectivity index is 1.60. The number of H-pyrrole nitrogens is 1. The van der Waals surface area contributed by atoms with Gasteiger partial charge in [-0.1, -0.05) is 43.2 Å². The lowest BCUT2D eigenvalue weighted by molar-refractivity contribution is -0.124. The van der Waals surface area contributed by atoms with Gasteiger partial charge in [-0.25, -0.2) is 0 Å². The minimum absolute atomic E-state index is 0.0458. The van der Waals surface area contributed by atoms with Crippen molar-refractivity contribution in [3.05, 3.63) is 69.1 Å². The first-order chi connectivity index (χ1) is 12.5. The third kappa shape index (κ3) is 2.43. The number of pyridine rings is 1. The smallest absolute Gasteiger partial charge is 0.231 e. The summed E-state index contributed by atoms with van der Waals surface area (Å²) in [4.78, 5) is 28.6. The van der Waals surface area contributed by atoms with Crippen molar-refractivity contribution in [1.29, 1.82) is 0 Å². The summed E-state index contributed by atoms with van der Waals surface area (Å²) in [6.07, 6.45) is 7.36. The summed E-state index contributed by atoms with van der Waals surface area (Å²) in [5.74, 6) is 0.103. The van der Waals surface area contributed by atoms with Gasteiger partial charge in [-0.3, -0.25) is 9.59 Å². The highest BCUT2D eigenvalue weighted by Gasteiger charge is 2.72. The van der Waals surface area contributed by atoms with E-state index < -0.39 is 5.41 Å². The zero-order chi connectivity index (χ0) is 18.4. The van der Waals surface area contributed by atoms with E-state index in [0.717, 1.165) is 30.5 Å². The SMILES string of the molecule is Cc1c[nH]c(CNC(=O)[C@@]2(c3ccccc3)CC23CCCC3)c(C)c1=O. The Morgan fingerprint density at radius 2 is 1.85 bits per heavy atom. The van der Waals surface area contributed by atoms with Gasteiger partial charge >= 0.3 is 0 Å². The monoisotopic (exact) mass is 350 g/mol. The van der Waals surface area contributed by atoms with Crippen molar-refractivity contribution in [1.82, 2.24) is 10.3 Å². The predicted octanol–water partition coefficient (Wildman–Crippen LogP) is 3.51. The van der Waals surface area contributed by atoms with Crippen LogP contribution in [-0.2, 0) is 16.8 Å². The van der Waals surface area contributed by atoms with Gasteiger partial charge in [-0.2, -0.15) is 0 Å². The van der Waals surface area contributed by atoms with Crippen LogP contribution in [0.25, 0.3) is 0 Å². The standard InChI is InChI=1S/C22H26N2O2/c1-15-12-23-18(16(2)19(15)25)13-24-20(26)22(17-8-4-3-5-9-17)14-21(22)10-6-7-11-21/h3-5,8-9,12H,6-7,10-11,13-14H2,1-2H3,(H,23,25)(H,24,26)/t22-/m0/s1. The summed E-state index contributed by atoms with van der Waals surface area (Å²) < 4.78 is 0. The molecular weight excluding hydrogens is 324 g/mol. The normalized spacial score (nSPS) is 23.2. The van der Waals surface area contributed by atoms with E-state index in [1.54, 1.807) is 13.1 Å². The Morgan fingerprint density at radius 3 is 2.54 bits per heavy atom. The molecule has 2 aliphatic carbocycles. The molecule has 26 heavy (non-hydrogen) atoms. The number of carbonyl (C=O) groups is 1. The predicted molar refractivity (Wildman–Crippen MR) is 102 cm³/mol. The molecule has 2 aromatic rings. The number of carbonyl (C=O) groups excluding carboxylic acids is 1. The molecule has 0 radical (unpaired) electrons. The van der Waals surface area contributed by atoms with Crippen LogP contribution in [0.15, 0.2) is 41.3 Å². The highest BCUT2D eigenvalue weighted by Crippen LogP contribution is 2.72. The van der Waals surface area contributed by atoms with Gasteiger partial charge in [0, 0.05) is 23.0 Å².